The number of amides is 1. The van der Waals surface area contributed by atoms with Crippen LogP contribution in [0.25, 0.3) is 10.8 Å². The van der Waals surface area contributed by atoms with E-state index in [1.165, 1.54) is 31.5 Å². The lowest BCUT2D eigenvalue weighted by atomic mass is 10.1. The number of carbonyl (C=O) groups excluding carboxylic acids is 1. The molecule has 0 aliphatic heterocycles. The van der Waals surface area contributed by atoms with Crippen molar-refractivity contribution in [3.63, 3.8) is 0 Å². The van der Waals surface area contributed by atoms with E-state index in [1.54, 1.807) is 6.07 Å². The summed E-state index contributed by atoms with van der Waals surface area (Å²) in [6.07, 6.45) is 2.06. The number of nitro groups is 1. The van der Waals surface area contributed by atoms with E-state index in [2.05, 4.69) is 4.98 Å². The van der Waals surface area contributed by atoms with Crippen LogP contribution in [0.15, 0.2) is 30.6 Å². The summed E-state index contributed by atoms with van der Waals surface area (Å²) in [5.41, 5.74) is 5.05. The van der Waals surface area contributed by atoms with Gasteiger partial charge in [-0.2, -0.15) is 0 Å². The number of non-ortho nitro benzene ring substituents is 1. The van der Waals surface area contributed by atoms with Gasteiger partial charge in [-0.25, -0.2) is 0 Å². The van der Waals surface area contributed by atoms with Crippen molar-refractivity contribution in [3.05, 3.63) is 40.7 Å². The lowest BCUT2D eigenvalue weighted by Gasteiger charge is -2.13. The number of fused-ring (bicyclic) bond motifs is 1. The van der Waals surface area contributed by atoms with Gasteiger partial charge in [0.25, 0.3) is 11.6 Å². The third-order valence-electron chi connectivity index (χ3n) is 2.66. The standard InChI is InChI=1S/C12H11N3O4/c1-7(12(13)16)19-11-3-2-10(15(17)18)9-6-14-5-4-8(9)11/h2-7H,1H3,(H2,13,16). The highest BCUT2D eigenvalue weighted by Gasteiger charge is 2.17. The van der Waals surface area contributed by atoms with Crippen molar-refractivity contribution in [3.8, 4) is 5.75 Å². The number of benzene rings is 1. The molecule has 0 saturated carbocycles. The third kappa shape index (κ3) is 2.44. The second kappa shape index (κ2) is 4.89. The number of carbonyl (C=O) groups is 1. The van der Waals surface area contributed by atoms with E-state index in [0.717, 1.165) is 0 Å². The van der Waals surface area contributed by atoms with Gasteiger partial charge in [0.1, 0.15) is 5.75 Å². The summed E-state index contributed by atoms with van der Waals surface area (Å²) < 4.78 is 5.40. The highest BCUT2D eigenvalue weighted by molar-refractivity contribution is 5.95. The first-order chi connectivity index (χ1) is 9.00. The van der Waals surface area contributed by atoms with Crippen molar-refractivity contribution in [2.24, 2.45) is 5.73 Å². The Kier molecular flexibility index (Phi) is 3.28. The van der Waals surface area contributed by atoms with Crippen LogP contribution in [-0.4, -0.2) is 21.9 Å². The molecule has 1 aromatic carbocycles. The lowest BCUT2D eigenvalue weighted by molar-refractivity contribution is -0.383. The first-order valence-electron chi connectivity index (χ1n) is 5.48. The first kappa shape index (κ1) is 12.7. The molecule has 0 aliphatic carbocycles. The molecule has 0 radical (unpaired) electrons. The average Bonchev–Trinajstić information content (AvgIpc) is 2.38. The Balaban J connectivity index is 2.55. The van der Waals surface area contributed by atoms with Gasteiger partial charge >= 0.3 is 0 Å². The summed E-state index contributed by atoms with van der Waals surface area (Å²) in [6, 6.07) is 4.35. The molecule has 19 heavy (non-hydrogen) atoms. The molecule has 1 heterocycles. The Hall–Kier alpha value is -2.70. The summed E-state index contributed by atoms with van der Waals surface area (Å²) in [7, 11) is 0. The molecule has 1 amide bonds. The smallest absolute Gasteiger partial charge is 0.279 e. The van der Waals surface area contributed by atoms with Crippen LogP contribution in [0, 0.1) is 10.1 Å². The Morgan fingerprint density at radius 3 is 2.79 bits per heavy atom. The Bertz CT molecular complexity index is 656. The number of primary amides is 1. The minimum absolute atomic E-state index is 0.0674. The Labute approximate surface area is 108 Å². The molecule has 2 rings (SSSR count). The van der Waals surface area contributed by atoms with E-state index >= 15 is 0 Å². The van der Waals surface area contributed by atoms with Crippen LogP contribution in [0.1, 0.15) is 6.92 Å². The first-order valence-corrected chi connectivity index (χ1v) is 5.48. The van der Waals surface area contributed by atoms with Crippen LogP contribution in [0.5, 0.6) is 5.75 Å². The Morgan fingerprint density at radius 1 is 1.42 bits per heavy atom. The number of hydrogen-bond acceptors (Lipinski definition) is 5. The minimum atomic E-state index is -0.821. The second-order valence-corrected chi connectivity index (χ2v) is 3.92. The van der Waals surface area contributed by atoms with Gasteiger partial charge < -0.3 is 10.5 Å². The molecule has 0 spiro atoms. The van der Waals surface area contributed by atoms with Gasteiger partial charge in [-0.3, -0.25) is 19.9 Å². The largest absolute Gasteiger partial charge is 0.480 e. The highest BCUT2D eigenvalue weighted by Crippen LogP contribution is 2.32. The van der Waals surface area contributed by atoms with Crippen LogP contribution in [0.3, 0.4) is 0 Å². The van der Waals surface area contributed by atoms with E-state index in [1.807, 2.05) is 0 Å². The van der Waals surface area contributed by atoms with Gasteiger partial charge in [0.15, 0.2) is 6.10 Å². The minimum Gasteiger partial charge on any atom is -0.480 e. The number of nitrogens with two attached hydrogens (primary N) is 1. The fourth-order valence-electron chi connectivity index (χ4n) is 1.66. The van der Waals surface area contributed by atoms with E-state index in [9.17, 15) is 14.9 Å². The van der Waals surface area contributed by atoms with Gasteiger partial charge in [0.05, 0.1) is 10.3 Å². The molecule has 7 heteroatoms. The maximum absolute atomic E-state index is 11.0. The monoisotopic (exact) mass is 261 g/mol. The third-order valence-corrected chi connectivity index (χ3v) is 2.66. The van der Waals surface area contributed by atoms with Crippen molar-refractivity contribution in [1.29, 1.82) is 0 Å². The number of hydrogen-bond donors (Lipinski definition) is 1. The van der Waals surface area contributed by atoms with Crippen molar-refractivity contribution in [1.82, 2.24) is 4.98 Å². The predicted octanol–water partition coefficient (Wildman–Crippen LogP) is 1.40. The topological polar surface area (TPSA) is 108 Å². The molecule has 98 valence electrons. The summed E-state index contributed by atoms with van der Waals surface area (Å²) in [5.74, 6) is -0.255. The van der Waals surface area contributed by atoms with E-state index in [-0.39, 0.29) is 5.69 Å². The molecule has 2 aromatic rings. The number of nitro benzene ring substituents is 1. The molecule has 0 saturated heterocycles. The predicted molar refractivity (Wildman–Crippen MR) is 67.7 cm³/mol. The molecule has 1 unspecified atom stereocenters. The molecular weight excluding hydrogens is 250 g/mol. The van der Waals surface area contributed by atoms with Crippen LogP contribution in [0.2, 0.25) is 0 Å². The second-order valence-electron chi connectivity index (χ2n) is 3.92. The fourth-order valence-corrected chi connectivity index (χ4v) is 1.66. The SMILES string of the molecule is CC(Oc1ccc([N+](=O)[O-])c2cnccc12)C(N)=O. The van der Waals surface area contributed by atoms with Crippen molar-refractivity contribution in [2.45, 2.75) is 13.0 Å². The summed E-state index contributed by atoms with van der Waals surface area (Å²) in [4.78, 5) is 25.3. The van der Waals surface area contributed by atoms with Gasteiger partial charge in [0.2, 0.25) is 0 Å². The van der Waals surface area contributed by atoms with Crippen molar-refractivity contribution >= 4 is 22.4 Å². The van der Waals surface area contributed by atoms with Crippen LogP contribution in [0.4, 0.5) is 5.69 Å². The molecule has 1 aromatic heterocycles. The number of nitrogens with zero attached hydrogens (tertiary/aromatic N) is 2. The van der Waals surface area contributed by atoms with E-state index in [0.29, 0.717) is 16.5 Å². The molecule has 2 N–H and O–H groups in total. The van der Waals surface area contributed by atoms with Crippen LogP contribution >= 0.6 is 0 Å². The van der Waals surface area contributed by atoms with Gasteiger partial charge in [-0.1, -0.05) is 0 Å². The zero-order valence-electron chi connectivity index (χ0n) is 10.1. The zero-order chi connectivity index (χ0) is 14.0. The van der Waals surface area contributed by atoms with Crippen molar-refractivity contribution in [2.75, 3.05) is 0 Å². The average molecular weight is 261 g/mol. The number of aromatic nitrogens is 1. The van der Waals surface area contributed by atoms with Gasteiger partial charge in [-0.05, 0) is 19.1 Å². The molecule has 7 nitrogen and oxygen atoms in total. The van der Waals surface area contributed by atoms with Gasteiger partial charge in [-0.15, -0.1) is 0 Å². The number of ether oxygens (including phenoxy) is 1. The quantitative estimate of drug-likeness (QED) is 0.660. The summed E-state index contributed by atoms with van der Waals surface area (Å²) in [6.45, 7) is 1.51. The number of rotatable bonds is 4. The summed E-state index contributed by atoms with van der Waals surface area (Å²) in [5, 5.41) is 11.8. The maximum atomic E-state index is 11.0. The molecule has 1 atom stereocenters. The molecule has 0 bridgehead atoms. The van der Waals surface area contributed by atoms with E-state index < -0.39 is 16.9 Å². The Morgan fingerprint density at radius 2 is 2.16 bits per heavy atom. The normalized spacial score (nSPS) is 12.1. The fraction of sp³-hybridized carbons (Fsp3) is 0.167. The van der Waals surface area contributed by atoms with Crippen molar-refractivity contribution < 1.29 is 14.5 Å². The summed E-state index contributed by atoms with van der Waals surface area (Å²) >= 11 is 0. The molecule has 0 fully saturated rings. The maximum Gasteiger partial charge on any atom is 0.279 e. The molecule has 0 aliphatic rings. The highest BCUT2D eigenvalue weighted by atomic mass is 16.6. The number of pyridine rings is 1. The van der Waals surface area contributed by atoms with Gasteiger partial charge in [0, 0.05) is 23.8 Å². The molecular formula is C12H11N3O4. The van der Waals surface area contributed by atoms with Crippen LogP contribution < -0.4 is 10.5 Å². The van der Waals surface area contributed by atoms with Crippen LogP contribution in [-0.2, 0) is 4.79 Å². The zero-order valence-corrected chi connectivity index (χ0v) is 10.1. The van der Waals surface area contributed by atoms with E-state index in [4.69, 9.17) is 10.5 Å². The lowest BCUT2D eigenvalue weighted by Crippen LogP contribution is -2.30.